The van der Waals surface area contributed by atoms with E-state index in [-0.39, 0.29) is 11.1 Å². The van der Waals surface area contributed by atoms with Crippen LogP contribution in [0.15, 0.2) is 158 Å². The Labute approximate surface area is 270 Å². The first-order chi connectivity index (χ1) is 22.9. The summed E-state index contributed by atoms with van der Waals surface area (Å²) < 4.78 is 17.7. The van der Waals surface area contributed by atoms with Crippen LogP contribution in [0.4, 0.5) is 0 Å². The molecule has 0 bridgehead atoms. The Hall–Kier alpha value is -6.60. The van der Waals surface area contributed by atoms with Crippen LogP contribution in [-0.4, -0.2) is 23.1 Å². The number of benzene rings is 6. The summed E-state index contributed by atoms with van der Waals surface area (Å²) in [6.45, 7) is 0. The summed E-state index contributed by atoms with van der Waals surface area (Å²) >= 11 is 0. The van der Waals surface area contributed by atoms with Crippen molar-refractivity contribution < 1.29 is 33.4 Å². The maximum atomic E-state index is 12.6. The second-order valence-corrected chi connectivity index (χ2v) is 10.3. The van der Waals surface area contributed by atoms with Gasteiger partial charge in [-0.05, 0) is 97.1 Å². The summed E-state index contributed by atoms with van der Waals surface area (Å²) in [6, 6.07) is 43.8. The molecule has 0 heterocycles. The van der Waals surface area contributed by atoms with Gasteiger partial charge in [-0.3, -0.25) is 19.2 Å². The van der Waals surface area contributed by atoms with Crippen LogP contribution in [0.5, 0.6) is 34.5 Å². The van der Waals surface area contributed by atoms with Crippen LogP contribution in [0.3, 0.4) is 0 Å². The van der Waals surface area contributed by atoms with Crippen LogP contribution in [0.25, 0.3) is 0 Å². The minimum atomic E-state index is -0.580. The molecule has 0 fully saturated rings. The highest BCUT2D eigenvalue weighted by molar-refractivity contribution is 6.49. The smallest absolute Gasteiger partial charge is 0.233 e. The first kappa shape index (κ1) is 30.4. The Balaban J connectivity index is 1.00. The van der Waals surface area contributed by atoms with Crippen LogP contribution in [0.2, 0.25) is 0 Å². The number of Topliss-reactive ketones (excluding diaryl/α,β-unsaturated/α-hetero) is 4. The normalized spacial score (nSPS) is 10.5. The third-order valence-corrected chi connectivity index (χ3v) is 7.07. The van der Waals surface area contributed by atoms with E-state index < -0.39 is 23.1 Å². The van der Waals surface area contributed by atoms with Gasteiger partial charge in [0.15, 0.2) is 0 Å². The van der Waals surface area contributed by atoms with E-state index in [0.29, 0.717) is 45.6 Å². The van der Waals surface area contributed by atoms with Gasteiger partial charge in [0.25, 0.3) is 0 Å². The molecule has 0 atom stereocenters. The third kappa shape index (κ3) is 7.56. The molecule has 0 spiro atoms. The highest BCUT2D eigenvalue weighted by atomic mass is 16.5. The Bertz CT molecular complexity index is 1870. The maximum Gasteiger partial charge on any atom is 0.233 e. The second-order valence-electron chi connectivity index (χ2n) is 10.3. The molecule has 0 saturated carbocycles. The summed E-state index contributed by atoms with van der Waals surface area (Å²) in [6.07, 6.45) is 0. The molecular weight excluding hydrogens is 592 g/mol. The summed E-state index contributed by atoms with van der Waals surface area (Å²) in [5.41, 5.74) is 1.27. The highest BCUT2D eigenvalue weighted by Gasteiger charge is 2.19. The van der Waals surface area contributed by atoms with Crippen molar-refractivity contribution in [1.29, 1.82) is 0 Å². The Morgan fingerprint density at radius 2 is 0.447 bits per heavy atom. The molecular formula is C40H26O7. The molecule has 6 aromatic carbocycles. The Kier molecular flexibility index (Phi) is 9.07. The predicted octanol–water partition coefficient (Wildman–Crippen LogP) is 9.19. The highest BCUT2D eigenvalue weighted by Crippen LogP contribution is 2.29. The number of hydrogen-bond donors (Lipinski definition) is 0. The molecule has 0 N–H and O–H groups in total. The topological polar surface area (TPSA) is 96.0 Å². The average molecular weight is 619 g/mol. The fraction of sp³-hybridized carbons (Fsp3) is 0. The van der Waals surface area contributed by atoms with E-state index in [1.165, 1.54) is 0 Å². The van der Waals surface area contributed by atoms with E-state index in [9.17, 15) is 19.2 Å². The zero-order valence-corrected chi connectivity index (χ0v) is 24.9. The molecule has 0 saturated heterocycles. The number of ether oxygens (including phenoxy) is 3. The molecule has 7 heteroatoms. The molecule has 6 aromatic rings. The first-order valence-electron chi connectivity index (χ1n) is 14.6. The monoisotopic (exact) mass is 618 g/mol. The summed E-state index contributed by atoms with van der Waals surface area (Å²) in [5, 5.41) is 0. The summed E-state index contributed by atoms with van der Waals surface area (Å²) in [4.78, 5) is 50.0. The van der Waals surface area contributed by atoms with Crippen molar-refractivity contribution >= 4 is 23.1 Å². The van der Waals surface area contributed by atoms with Gasteiger partial charge in [-0.1, -0.05) is 60.7 Å². The van der Waals surface area contributed by atoms with Gasteiger partial charge in [0, 0.05) is 22.3 Å². The third-order valence-electron chi connectivity index (χ3n) is 7.07. The van der Waals surface area contributed by atoms with Crippen molar-refractivity contribution in [3.63, 3.8) is 0 Å². The van der Waals surface area contributed by atoms with E-state index >= 15 is 0 Å². The lowest BCUT2D eigenvalue weighted by Gasteiger charge is -2.10. The number of carbonyl (C=O) groups is 4. The van der Waals surface area contributed by atoms with Gasteiger partial charge in [-0.25, -0.2) is 0 Å². The van der Waals surface area contributed by atoms with Crippen LogP contribution in [0, 0.1) is 0 Å². The quantitative estimate of drug-likeness (QED) is 0.0996. The maximum absolute atomic E-state index is 12.6. The fourth-order valence-corrected chi connectivity index (χ4v) is 4.61. The SMILES string of the molecule is O=C(C(=O)c1ccc(Oc2ccc(Oc3ccc(Oc4ccc(C(=O)C(=O)c5ccccc5)cc4)cc3)cc2)cc1)c1ccccc1. The van der Waals surface area contributed by atoms with Crippen molar-refractivity contribution in [3.8, 4) is 34.5 Å². The number of ketones is 4. The van der Waals surface area contributed by atoms with Gasteiger partial charge < -0.3 is 14.2 Å². The number of rotatable bonds is 12. The van der Waals surface area contributed by atoms with Gasteiger partial charge >= 0.3 is 0 Å². The average Bonchev–Trinajstić information content (AvgIpc) is 3.13. The lowest BCUT2D eigenvalue weighted by Crippen LogP contribution is -2.14. The largest absolute Gasteiger partial charge is 0.457 e. The lowest BCUT2D eigenvalue weighted by molar-refractivity contribution is 0.0817. The van der Waals surface area contributed by atoms with Crippen LogP contribution < -0.4 is 14.2 Å². The van der Waals surface area contributed by atoms with E-state index in [0.717, 1.165) is 0 Å². The van der Waals surface area contributed by atoms with E-state index in [2.05, 4.69) is 0 Å². The molecule has 7 nitrogen and oxygen atoms in total. The molecule has 0 aliphatic carbocycles. The Morgan fingerprint density at radius 1 is 0.255 bits per heavy atom. The zero-order chi connectivity index (χ0) is 32.6. The van der Waals surface area contributed by atoms with Gasteiger partial charge in [0.1, 0.15) is 34.5 Å². The van der Waals surface area contributed by atoms with E-state index in [1.54, 1.807) is 158 Å². The molecule has 0 aliphatic heterocycles. The molecule has 0 aromatic heterocycles. The van der Waals surface area contributed by atoms with Crippen molar-refractivity contribution in [2.75, 3.05) is 0 Å². The van der Waals surface area contributed by atoms with Gasteiger partial charge in [0.2, 0.25) is 23.1 Å². The molecule has 6 rings (SSSR count). The molecule has 47 heavy (non-hydrogen) atoms. The van der Waals surface area contributed by atoms with Crippen molar-refractivity contribution in [2.24, 2.45) is 0 Å². The molecule has 0 radical (unpaired) electrons. The van der Waals surface area contributed by atoms with Crippen LogP contribution >= 0.6 is 0 Å². The van der Waals surface area contributed by atoms with Gasteiger partial charge in [0.05, 0.1) is 0 Å². The van der Waals surface area contributed by atoms with Gasteiger partial charge in [-0.2, -0.15) is 0 Å². The minimum Gasteiger partial charge on any atom is -0.457 e. The van der Waals surface area contributed by atoms with Crippen molar-refractivity contribution in [3.05, 3.63) is 180 Å². The molecule has 0 unspecified atom stereocenters. The van der Waals surface area contributed by atoms with Crippen molar-refractivity contribution in [1.82, 2.24) is 0 Å². The van der Waals surface area contributed by atoms with Crippen molar-refractivity contribution in [2.45, 2.75) is 0 Å². The van der Waals surface area contributed by atoms with Gasteiger partial charge in [-0.15, -0.1) is 0 Å². The number of carbonyl (C=O) groups excluding carboxylic acids is 4. The standard InChI is InChI=1S/C40H26O7/c41-37(27-7-3-1-4-8-27)39(43)29-11-15-31(16-12-29)45-33-19-23-35(24-20-33)47-36-25-21-34(22-26-36)46-32-17-13-30(14-18-32)40(44)38(42)28-9-5-2-6-10-28/h1-26H. The summed E-state index contributed by atoms with van der Waals surface area (Å²) in [5.74, 6) is 1.07. The lowest BCUT2D eigenvalue weighted by atomic mass is 10.0. The summed E-state index contributed by atoms with van der Waals surface area (Å²) in [7, 11) is 0. The zero-order valence-electron chi connectivity index (χ0n) is 24.9. The molecule has 0 aliphatic rings. The van der Waals surface area contributed by atoms with Crippen LogP contribution in [-0.2, 0) is 0 Å². The van der Waals surface area contributed by atoms with E-state index in [1.807, 2.05) is 0 Å². The minimum absolute atomic E-state index is 0.285. The van der Waals surface area contributed by atoms with Crippen LogP contribution in [0.1, 0.15) is 41.4 Å². The molecule has 0 amide bonds. The first-order valence-corrected chi connectivity index (χ1v) is 14.6. The molecule has 228 valence electrons. The van der Waals surface area contributed by atoms with E-state index in [4.69, 9.17) is 14.2 Å². The second kappa shape index (κ2) is 14.0. The predicted molar refractivity (Wildman–Crippen MR) is 176 cm³/mol. The number of hydrogen-bond acceptors (Lipinski definition) is 7. The fourth-order valence-electron chi connectivity index (χ4n) is 4.61. The Morgan fingerprint density at radius 3 is 0.681 bits per heavy atom.